The van der Waals surface area contributed by atoms with Gasteiger partial charge in [0.25, 0.3) is 0 Å². The van der Waals surface area contributed by atoms with Crippen molar-refractivity contribution in [2.45, 2.75) is 45.6 Å². The molecule has 4 atom stereocenters. The van der Waals surface area contributed by atoms with E-state index >= 15 is 0 Å². The van der Waals surface area contributed by atoms with Crippen LogP contribution in [0.2, 0.25) is 0 Å². The van der Waals surface area contributed by atoms with Gasteiger partial charge >= 0.3 is 5.97 Å². The Balaban J connectivity index is 2.28. The second-order valence-corrected chi connectivity index (χ2v) is 5.53. The van der Waals surface area contributed by atoms with Crippen molar-refractivity contribution < 1.29 is 14.7 Å². The Hall–Kier alpha value is -1.06. The molecule has 1 aliphatic heterocycles. The molecular weight excluding hydrogens is 206 g/mol. The van der Waals surface area contributed by atoms with E-state index < -0.39 is 12.0 Å². The Morgan fingerprint density at radius 2 is 2.19 bits per heavy atom. The van der Waals surface area contributed by atoms with Gasteiger partial charge in [-0.2, -0.15) is 0 Å². The maximum Gasteiger partial charge on any atom is 0.326 e. The molecule has 0 radical (unpaired) electrons. The average Bonchev–Trinajstić information content (AvgIpc) is 2.52. The lowest BCUT2D eigenvalue weighted by Gasteiger charge is -2.43. The third kappa shape index (κ3) is 1.60. The summed E-state index contributed by atoms with van der Waals surface area (Å²) in [4.78, 5) is 22.7. The molecule has 1 spiro atoms. The van der Waals surface area contributed by atoms with Crippen LogP contribution in [0.25, 0.3) is 0 Å². The first-order valence-electron chi connectivity index (χ1n) is 5.98. The van der Waals surface area contributed by atoms with Gasteiger partial charge in [0.05, 0.1) is 0 Å². The van der Waals surface area contributed by atoms with Crippen molar-refractivity contribution in [1.29, 1.82) is 0 Å². The number of hydrogen-bond donors (Lipinski definition) is 2. The fraction of sp³-hybridized carbons (Fsp3) is 0.833. The van der Waals surface area contributed by atoms with Gasteiger partial charge in [-0.3, -0.25) is 4.79 Å². The van der Waals surface area contributed by atoms with Gasteiger partial charge in [0.15, 0.2) is 0 Å². The highest BCUT2D eigenvalue weighted by atomic mass is 16.4. The lowest BCUT2D eigenvalue weighted by Crippen LogP contribution is -2.49. The predicted octanol–water partition coefficient (Wildman–Crippen LogP) is 1.40. The second kappa shape index (κ2) is 3.75. The highest BCUT2D eigenvalue weighted by Gasteiger charge is 2.54. The lowest BCUT2D eigenvalue weighted by molar-refractivity contribution is -0.144. The molecule has 16 heavy (non-hydrogen) atoms. The highest BCUT2D eigenvalue weighted by Crippen LogP contribution is 2.50. The molecule has 1 aliphatic carbocycles. The van der Waals surface area contributed by atoms with Gasteiger partial charge in [-0.15, -0.1) is 0 Å². The van der Waals surface area contributed by atoms with Crippen LogP contribution in [-0.4, -0.2) is 23.0 Å². The van der Waals surface area contributed by atoms with E-state index in [9.17, 15) is 14.7 Å². The number of carbonyl (C=O) groups excluding carboxylic acids is 1. The Labute approximate surface area is 95.4 Å². The first-order chi connectivity index (χ1) is 7.45. The molecule has 1 saturated carbocycles. The van der Waals surface area contributed by atoms with Crippen molar-refractivity contribution >= 4 is 11.9 Å². The third-order valence-electron chi connectivity index (χ3n) is 4.46. The number of nitrogens with one attached hydrogen (secondary N) is 1. The minimum Gasteiger partial charge on any atom is -0.480 e. The van der Waals surface area contributed by atoms with Crippen LogP contribution in [0, 0.1) is 17.3 Å². The van der Waals surface area contributed by atoms with Gasteiger partial charge in [0.1, 0.15) is 6.04 Å². The number of hydrogen-bond acceptors (Lipinski definition) is 2. The van der Waals surface area contributed by atoms with Crippen molar-refractivity contribution in [3.8, 4) is 0 Å². The van der Waals surface area contributed by atoms with E-state index in [-0.39, 0.29) is 11.3 Å². The summed E-state index contributed by atoms with van der Waals surface area (Å²) in [7, 11) is 0. The third-order valence-corrected chi connectivity index (χ3v) is 4.46. The predicted molar refractivity (Wildman–Crippen MR) is 58.8 cm³/mol. The number of amides is 1. The van der Waals surface area contributed by atoms with E-state index in [4.69, 9.17) is 0 Å². The lowest BCUT2D eigenvalue weighted by atomic mass is 9.60. The van der Waals surface area contributed by atoms with E-state index in [0.717, 1.165) is 19.3 Å². The normalized spacial score (nSPS) is 43.4. The van der Waals surface area contributed by atoms with Crippen LogP contribution >= 0.6 is 0 Å². The van der Waals surface area contributed by atoms with Crippen molar-refractivity contribution in [3.05, 3.63) is 0 Å². The van der Waals surface area contributed by atoms with Crippen LogP contribution in [0.5, 0.6) is 0 Å². The maximum atomic E-state index is 11.5. The number of rotatable bonds is 1. The Bertz CT molecular complexity index is 328. The molecule has 4 heteroatoms. The summed E-state index contributed by atoms with van der Waals surface area (Å²) in [5, 5.41) is 11.8. The van der Waals surface area contributed by atoms with Gasteiger partial charge in [-0.05, 0) is 24.7 Å². The molecule has 1 amide bonds. The van der Waals surface area contributed by atoms with Crippen molar-refractivity contribution in [2.75, 3.05) is 0 Å². The standard InChI is InChI=1S/C12H19NO3/c1-7-3-4-12(8(2)5-7)6-9(14)13-10(12)11(15)16/h7-8,10H,3-6H2,1-2H3,(H,13,14)(H,15,16). The second-order valence-electron chi connectivity index (χ2n) is 5.53. The molecule has 2 rings (SSSR count). The van der Waals surface area contributed by atoms with Gasteiger partial charge in [-0.1, -0.05) is 20.3 Å². The van der Waals surface area contributed by atoms with Gasteiger partial charge in [0, 0.05) is 11.8 Å². The van der Waals surface area contributed by atoms with Crippen LogP contribution in [0.4, 0.5) is 0 Å². The molecule has 90 valence electrons. The summed E-state index contributed by atoms with van der Waals surface area (Å²) < 4.78 is 0. The molecule has 2 aliphatic rings. The summed E-state index contributed by atoms with van der Waals surface area (Å²) in [6.07, 6.45) is 3.30. The Morgan fingerprint density at radius 1 is 1.50 bits per heavy atom. The largest absolute Gasteiger partial charge is 0.480 e. The van der Waals surface area contributed by atoms with Crippen molar-refractivity contribution in [1.82, 2.24) is 5.32 Å². The minimum atomic E-state index is -0.882. The van der Waals surface area contributed by atoms with Gasteiger partial charge in [-0.25, -0.2) is 4.79 Å². The molecule has 1 heterocycles. The Morgan fingerprint density at radius 3 is 2.75 bits per heavy atom. The molecule has 0 bridgehead atoms. The first-order valence-corrected chi connectivity index (χ1v) is 5.98. The van der Waals surface area contributed by atoms with Crippen LogP contribution in [0.1, 0.15) is 39.5 Å². The molecule has 0 aromatic rings. The first kappa shape index (κ1) is 11.4. The van der Waals surface area contributed by atoms with E-state index in [1.54, 1.807) is 0 Å². The van der Waals surface area contributed by atoms with Crippen LogP contribution in [-0.2, 0) is 9.59 Å². The average molecular weight is 225 g/mol. The molecule has 4 unspecified atom stereocenters. The zero-order chi connectivity index (χ0) is 11.9. The molecule has 2 N–H and O–H groups in total. The van der Waals surface area contributed by atoms with E-state index in [1.165, 1.54) is 0 Å². The smallest absolute Gasteiger partial charge is 0.326 e. The van der Waals surface area contributed by atoms with E-state index in [1.807, 2.05) is 0 Å². The summed E-state index contributed by atoms with van der Waals surface area (Å²) in [6, 6.07) is -0.678. The SMILES string of the molecule is CC1CCC2(CC(=O)NC2C(=O)O)C(C)C1. The van der Waals surface area contributed by atoms with E-state index in [0.29, 0.717) is 18.3 Å². The number of carboxylic acid groups (broad SMARTS) is 1. The monoisotopic (exact) mass is 225 g/mol. The van der Waals surface area contributed by atoms with Crippen molar-refractivity contribution in [3.63, 3.8) is 0 Å². The van der Waals surface area contributed by atoms with Crippen molar-refractivity contribution in [2.24, 2.45) is 17.3 Å². The molecule has 1 saturated heterocycles. The van der Waals surface area contributed by atoms with E-state index in [2.05, 4.69) is 19.2 Å². The summed E-state index contributed by atoms with van der Waals surface area (Å²) in [5.41, 5.74) is -0.338. The summed E-state index contributed by atoms with van der Waals surface area (Å²) in [6.45, 7) is 4.29. The summed E-state index contributed by atoms with van der Waals surface area (Å²) in [5.74, 6) is -0.0388. The highest BCUT2D eigenvalue weighted by molar-refractivity contribution is 5.89. The zero-order valence-corrected chi connectivity index (χ0v) is 9.82. The minimum absolute atomic E-state index is 0.103. The fourth-order valence-corrected chi connectivity index (χ4v) is 3.47. The molecule has 0 aromatic heterocycles. The zero-order valence-electron chi connectivity index (χ0n) is 9.82. The topological polar surface area (TPSA) is 66.4 Å². The number of carboxylic acids is 1. The summed E-state index contributed by atoms with van der Waals surface area (Å²) >= 11 is 0. The molecule has 4 nitrogen and oxygen atoms in total. The van der Waals surface area contributed by atoms with Gasteiger partial charge < -0.3 is 10.4 Å². The number of carbonyl (C=O) groups is 2. The van der Waals surface area contributed by atoms with Crippen LogP contribution in [0.15, 0.2) is 0 Å². The Kier molecular flexibility index (Phi) is 2.68. The number of aliphatic carboxylic acids is 1. The maximum absolute atomic E-state index is 11.5. The van der Waals surface area contributed by atoms with Crippen LogP contribution in [0.3, 0.4) is 0 Å². The molecule has 2 fully saturated rings. The quantitative estimate of drug-likeness (QED) is 0.709. The van der Waals surface area contributed by atoms with Crippen LogP contribution < -0.4 is 5.32 Å². The molecule has 0 aromatic carbocycles. The fourth-order valence-electron chi connectivity index (χ4n) is 3.47. The van der Waals surface area contributed by atoms with Gasteiger partial charge in [0.2, 0.25) is 5.91 Å². The molecular formula is C12H19NO3.